The van der Waals surface area contributed by atoms with E-state index in [-0.39, 0.29) is 18.3 Å². The SMILES string of the molecule is COC(=O)C(Cc1ccc(OC)cc1)N(C)C(=O)C(NC(=O)C(OC(=O)C(Cc1ccccc1)N(C)C)C(C)C)C(C)C. The first-order valence-corrected chi connectivity index (χ1v) is 14.5. The maximum Gasteiger partial charge on any atom is 0.328 e. The summed E-state index contributed by atoms with van der Waals surface area (Å²) < 4.78 is 16.0. The minimum absolute atomic E-state index is 0.206. The van der Waals surface area contributed by atoms with Gasteiger partial charge in [0.2, 0.25) is 5.91 Å². The minimum atomic E-state index is -1.12. The highest BCUT2D eigenvalue weighted by Crippen LogP contribution is 2.18. The summed E-state index contributed by atoms with van der Waals surface area (Å²) in [5.41, 5.74) is 1.77. The van der Waals surface area contributed by atoms with E-state index in [1.54, 1.807) is 65.9 Å². The third-order valence-corrected chi connectivity index (χ3v) is 7.38. The van der Waals surface area contributed by atoms with Crippen LogP contribution in [0.25, 0.3) is 0 Å². The van der Waals surface area contributed by atoms with Crippen molar-refractivity contribution in [2.75, 3.05) is 35.4 Å². The summed E-state index contributed by atoms with van der Waals surface area (Å²) >= 11 is 0. The van der Waals surface area contributed by atoms with Gasteiger partial charge in [-0.05, 0) is 55.6 Å². The Morgan fingerprint density at radius 3 is 1.79 bits per heavy atom. The number of likely N-dealkylation sites (N-methyl/N-ethyl adjacent to an activating group) is 2. The second-order valence-electron chi connectivity index (χ2n) is 11.5. The summed E-state index contributed by atoms with van der Waals surface area (Å²) in [5, 5.41) is 2.80. The van der Waals surface area contributed by atoms with Crippen LogP contribution < -0.4 is 10.1 Å². The number of benzene rings is 2. The number of carbonyl (C=O) groups excluding carboxylic acids is 4. The normalized spacial score (nSPS) is 14.0. The van der Waals surface area contributed by atoms with Crippen LogP contribution in [-0.2, 0) is 41.5 Å². The van der Waals surface area contributed by atoms with Crippen molar-refractivity contribution in [3.63, 3.8) is 0 Å². The highest BCUT2D eigenvalue weighted by atomic mass is 16.6. The van der Waals surface area contributed by atoms with Crippen molar-refractivity contribution in [2.24, 2.45) is 11.8 Å². The Kier molecular flexibility index (Phi) is 13.7. The maximum absolute atomic E-state index is 13.8. The molecule has 2 aromatic carbocycles. The maximum atomic E-state index is 13.8. The summed E-state index contributed by atoms with van der Waals surface area (Å²) in [6.45, 7) is 7.15. The van der Waals surface area contributed by atoms with Gasteiger partial charge in [-0.25, -0.2) is 4.79 Å². The zero-order chi connectivity index (χ0) is 32.3. The van der Waals surface area contributed by atoms with Crippen molar-refractivity contribution in [1.29, 1.82) is 0 Å². The zero-order valence-electron chi connectivity index (χ0n) is 26.8. The molecule has 0 bridgehead atoms. The van der Waals surface area contributed by atoms with E-state index in [9.17, 15) is 19.2 Å². The number of amides is 2. The smallest absolute Gasteiger partial charge is 0.328 e. The number of hydrogen-bond acceptors (Lipinski definition) is 8. The van der Waals surface area contributed by atoms with E-state index in [0.717, 1.165) is 11.1 Å². The topological polar surface area (TPSA) is 114 Å². The molecule has 43 heavy (non-hydrogen) atoms. The van der Waals surface area contributed by atoms with Gasteiger partial charge in [-0.2, -0.15) is 0 Å². The summed E-state index contributed by atoms with van der Waals surface area (Å²) in [5.74, 6) is -2.17. The fourth-order valence-electron chi connectivity index (χ4n) is 4.63. The van der Waals surface area contributed by atoms with Gasteiger partial charge in [0, 0.05) is 13.5 Å². The molecule has 2 amide bonds. The van der Waals surface area contributed by atoms with Gasteiger partial charge in [-0.1, -0.05) is 70.2 Å². The van der Waals surface area contributed by atoms with Gasteiger partial charge < -0.3 is 24.4 Å². The number of hydrogen-bond donors (Lipinski definition) is 1. The molecule has 2 aromatic rings. The van der Waals surface area contributed by atoms with E-state index < -0.39 is 48.0 Å². The van der Waals surface area contributed by atoms with Crippen LogP contribution in [0.15, 0.2) is 54.6 Å². The van der Waals surface area contributed by atoms with Crippen molar-refractivity contribution < 1.29 is 33.4 Å². The molecular weight excluding hydrogens is 550 g/mol. The molecule has 236 valence electrons. The molecule has 0 fully saturated rings. The quantitative estimate of drug-likeness (QED) is 0.312. The molecule has 2 rings (SSSR count). The van der Waals surface area contributed by atoms with E-state index >= 15 is 0 Å². The largest absolute Gasteiger partial charge is 0.497 e. The van der Waals surface area contributed by atoms with Gasteiger partial charge in [0.25, 0.3) is 5.91 Å². The van der Waals surface area contributed by atoms with Crippen molar-refractivity contribution in [3.05, 3.63) is 65.7 Å². The fraction of sp³-hybridized carbons (Fsp3) is 0.515. The number of carbonyl (C=O) groups is 4. The standard InChI is InChI=1S/C33H47N3O7/c1-21(2)28(31(38)36(7)27(32(39)42-9)20-24-15-17-25(41-8)18-16-24)34-30(37)29(22(3)4)43-33(40)26(35(5)6)19-23-13-11-10-12-14-23/h10-18,21-22,26-29H,19-20H2,1-9H3,(H,34,37). The molecule has 0 spiro atoms. The first-order valence-electron chi connectivity index (χ1n) is 14.5. The minimum Gasteiger partial charge on any atom is -0.497 e. The summed E-state index contributed by atoms with van der Waals surface area (Å²) in [6, 6.07) is 14.2. The van der Waals surface area contributed by atoms with Crippen molar-refractivity contribution in [2.45, 2.75) is 64.8 Å². The summed E-state index contributed by atoms with van der Waals surface area (Å²) in [4.78, 5) is 56.5. The first kappa shape index (κ1) is 35.3. The number of nitrogens with one attached hydrogen (secondary N) is 1. The average Bonchev–Trinajstić information content (AvgIpc) is 2.99. The summed E-state index contributed by atoms with van der Waals surface area (Å²) in [6.07, 6.45) is -0.502. The molecule has 0 saturated heterocycles. The molecule has 0 aliphatic heterocycles. The van der Waals surface area contributed by atoms with Gasteiger partial charge >= 0.3 is 11.9 Å². The predicted octanol–water partition coefficient (Wildman–Crippen LogP) is 3.12. The fourth-order valence-corrected chi connectivity index (χ4v) is 4.63. The predicted molar refractivity (Wildman–Crippen MR) is 164 cm³/mol. The number of rotatable bonds is 15. The molecule has 1 N–H and O–H groups in total. The molecular formula is C33H47N3O7. The van der Waals surface area contributed by atoms with Gasteiger partial charge in [0.15, 0.2) is 6.10 Å². The molecule has 10 heteroatoms. The van der Waals surface area contributed by atoms with E-state index in [0.29, 0.717) is 12.2 Å². The Morgan fingerprint density at radius 2 is 1.30 bits per heavy atom. The molecule has 10 nitrogen and oxygen atoms in total. The molecule has 4 atom stereocenters. The van der Waals surface area contributed by atoms with Crippen LogP contribution in [0.1, 0.15) is 38.8 Å². The Morgan fingerprint density at radius 1 is 0.744 bits per heavy atom. The summed E-state index contributed by atoms with van der Waals surface area (Å²) in [7, 11) is 7.91. The van der Waals surface area contributed by atoms with Crippen LogP contribution in [0.3, 0.4) is 0 Å². The monoisotopic (exact) mass is 597 g/mol. The van der Waals surface area contributed by atoms with Gasteiger partial charge in [-0.3, -0.25) is 19.3 Å². The first-order chi connectivity index (χ1) is 20.3. The van der Waals surface area contributed by atoms with Gasteiger partial charge in [-0.15, -0.1) is 0 Å². The lowest BCUT2D eigenvalue weighted by molar-refractivity contribution is -0.164. The van der Waals surface area contributed by atoms with Crippen molar-refractivity contribution in [3.8, 4) is 5.75 Å². The molecule has 0 aromatic heterocycles. The Labute approximate surface area is 255 Å². The Hall–Kier alpha value is -3.92. The van der Waals surface area contributed by atoms with Crippen LogP contribution in [0.2, 0.25) is 0 Å². The second kappa shape index (κ2) is 16.6. The highest BCUT2D eigenvalue weighted by molar-refractivity contribution is 5.93. The molecule has 0 heterocycles. The Bertz CT molecular complexity index is 1200. The highest BCUT2D eigenvalue weighted by Gasteiger charge is 2.37. The van der Waals surface area contributed by atoms with Crippen LogP contribution in [-0.4, -0.2) is 93.1 Å². The number of ether oxygens (including phenoxy) is 3. The van der Waals surface area contributed by atoms with Gasteiger partial charge in [0.1, 0.15) is 23.9 Å². The lowest BCUT2D eigenvalue weighted by atomic mass is 9.98. The second-order valence-corrected chi connectivity index (χ2v) is 11.5. The van der Waals surface area contributed by atoms with E-state index in [1.165, 1.54) is 19.1 Å². The lowest BCUT2D eigenvalue weighted by Crippen LogP contribution is -2.57. The third kappa shape index (κ3) is 10.1. The van der Waals surface area contributed by atoms with Crippen molar-refractivity contribution in [1.82, 2.24) is 15.1 Å². The van der Waals surface area contributed by atoms with E-state index in [2.05, 4.69) is 5.32 Å². The molecule has 0 aliphatic rings. The number of methoxy groups -OCH3 is 2. The van der Waals surface area contributed by atoms with Crippen LogP contribution in [0, 0.1) is 11.8 Å². The van der Waals surface area contributed by atoms with E-state index in [4.69, 9.17) is 14.2 Å². The van der Waals surface area contributed by atoms with Crippen LogP contribution >= 0.6 is 0 Å². The number of nitrogens with zero attached hydrogens (tertiary/aromatic N) is 2. The molecule has 0 saturated carbocycles. The van der Waals surface area contributed by atoms with E-state index in [1.807, 2.05) is 42.5 Å². The van der Waals surface area contributed by atoms with Crippen LogP contribution in [0.5, 0.6) is 5.75 Å². The molecule has 4 unspecified atom stereocenters. The van der Waals surface area contributed by atoms with Gasteiger partial charge in [0.05, 0.1) is 14.2 Å². The van der Waals surface area contributed by atoms with Crippen molar-refractivity contribution >= 4 is 23.8 Å². The van der Waals surface area contributed by atoms with Crippen LogP contribution in [0.4, 0.5) is 0 Å². The Balaban J connectivity index is 2.22. The third-order valence-electron chi connectivity index (χ3n) is 7.38. The average molecular weight is 598 g/mol. The number of esters is 2. The molecule has 0 radical (unpaired) electrons. The zero-order valence-corrected chi connectivity index (χ0v) is 26.8. The molecule has 0 aliphatic carbocycles. The lowest BCUT2D eigenvalue weighted by Gasteiger charge is -2.33.